The second-order valence-electron chi connectivity index (χ2n) is 17.5. The van der Waals surface area contributed by atoms with Crippen LogP contribution in [0.2, 0.25) is 0 Å². The van der Waals surface area contributed by atoms with E-state index in [0.717, 1.165) is 77.7 Å². The number of hydrogen-bond donors (Lipinski definition) is 0. The summed E-state index contributed by atoms with van der Waals surface area (Å²) in [5.41, 5.74) is 0. The Hall–Kier alpha value is -1.18. The van der Waals surface area contributed by atoms with Gasteiger partial charge in [-0.15, -0.1) is 0 Å². The standard InChI is InChI=1S/C48H92N2O5/c1-4-7-10-13-16-25-32-39-53-47(51)35-28-21-17-23-30-37-49-40-44-43-54-46(41-49)42-50(44)38-31-24-18-22-29-36-48(52)55-45(33-26-19-14-11-8-5-2)34-27-20-15-12-9-6-3/h44-46H,4-43H2,1-3H3. The molecule has 324 valence electrons. The second kappa shape index (κ2) is 35.9. The summed E-state index contributed by atoms with van der Waals surface area (Å²) in [5, 5.41) is 0. The molecule has 2 atom stereocenters. The van der Waals surface area contributed by atoms with E-state index in [1.165, 1.54) is 161 Å². The first kappa shape index (κ1) is 50.0. The lowest BCUT2D eigenvalue weighted by atomic mass is 10.0. The molecule has 0 aromatic heterocycles. The fourth-order valence-electron chi connectivity index (χ4n) is 8.59. The summed E-state index contributed by atoms with van der Waals surface area (Å²) < 4.78 is 17.7. The minimum Gasteiger partial charge on any atom is -0.466 e. The molecule has 0 amide bonds. The van der Waals surface area contributed by atoms with Crippen molar-refractivity contribution in [1.82, 2.24) is 9.80 Å². The Labute approximate surface area is 341 Å². The maximum atomic E-state index is 12.8. The van der Waals surface area contributed by atoms with E-state index in [4.69, 9.17) is 14.2 Å². The normalized spacial score (nSPS) is 17.6. The number of carbonyl (C=O) groups excluding carboxylic acids is 2. The highest BCUT2D eigenvalue weighted by molar-refractivity contribution is 5.69. The fourth-order valence-corrected chi connectivity index (χ4v) is 8.59. The van der Waals surface area contributed by atoms with Crippen LogP contribution in [0.25, 0.3) is 0 Å². The lowest BCUT2D eigenvalue weighted by Crippen LogP contribution is -2.49. The van der Waals surface area contributed by atoms with Crippen molar-refractivity contribution in [2.45, 2.75) is 251 Å². The van der Waals surface area contributed by atoms with Crippen molar-refractivity contribution >= 4 is 11.9 Å². The van der Waals surface area contributed by atoms with Gasteiger partial charge in [0, 0.05) is 38.5 Å². The van der Waals surface area contributed by atoms with Crippen LogP contribution < -0.4 is 0 Å². The molecular formula is C48H92N2O5. The van der Waals surface area contributed by atoms with Gasteiger partial charge in [-0.05, 0) is 70.9 Å². The number of esters is 2. The lowest BCUT2D eigenvalue weighted by Gasteiger charge is -2.36. The van der Waals surface area contributed by atoms with Gasteiger partial charge < -0.3 is 14.2 Å². The average Bonchev–Trinajstić information content (AvgIpc) is 3.48. The van der Waals surface area contributed by atoms with Gasteiger partial charge in [0.05, 0.1) is 19.3 Å². The summed E-state index contributed by atoms with van der Waals surface area (Å²) in [7, 11) is 0. The zero-order chi connectivity index (χ0) is 39.4. The van der Waals surface area contributed by atoms with Gasteiger partial charge in [-0.3, -0.25) is 19.4 Å². The van der Waals surface area contributed by atoms with E-state index in [1.807, 2.05) is 0 Å². The monoisotopic (exact) mass is 777 g/mol. The molecule has 0 N–H and O–H groups in total. The molecular weight excluding hydrogens is 685 g/mol. The summed E-state index contributed by atoms with van der Waals surface area (Å²) >= 11 is 0. The van der Waals surface area contributed by atoms with Crippen LogP contribution in [-0.2, 0) is 23.8 Å². The molecule has 0 aliphatic carbocycles. The minimum atomic E-state index is -0.00590. The zero-order valence-corrected chi connectivity index (χ0v) is 37.0. The highest BCUT2D eigenvalue weighted by atomic mass is 16.5. The Morgan fingerprint density at radius 2 is 1.00 bits per heavy atom. The first-order valence-electron chi connectivity index (χ1n) is 24.5. The van der Waals surface area contributed by atoms with Gasteiger partial charge in [0.1, 0.15) is 6.10 Å². The Morgan fingerprint density at radius 3 is 1.58 bits per heavy atom. The molecule has 0 saturated carbocycles. The second-order valence-corrected chi connectivity index (χ2v) is 17.5. The SMILES string of the molecule is CCCCCCCCCOC(=O)CCCCCCCN1CC2CN(CCCCCCCC(=O)OC(CCCCCCCC)CCCCCCCC)C(CO2)C1. The van der Waals surface area contributed by atoms with Crippen molar-refractivity contribution in [2.75, 3.05) is 45.9 Å². The van der Waals surface area contributed by atoms with Crippen molar-refractivity contribution in [3.63, 3.8) is 0 Å². The number of ether oxygens (including phenoxy) is 3. The Morgan fingerprint density at radius 1 is 0.527 bits per heavy atom. The topological polar surface area (TPSA) is 68.3 Å². The molecule has 3 rings (SSSR count). The van der Waals surface area contributed by atoms with E-state index in [-0.39, 0.29) is 18.0 Å². The number of carbonyl (C=O) groups is 2. The maximum Gasteiger partial charge on any atom is 0.306 e. The van der Waals surface area contributed by atoms with E-state index >= 15 is 0 Å². The van der Waals surface area contributed by atoms with Crippen LogP contribution in [-0.4, -0.2) is 85.9 Å². The number of nitrogens with zero attached hydrogens (tertiary/aromatic N) is 2. The summed E-state index contributed by atoms with van der Waals surface area (Å²) in [6.07, 6.45) is 39.5. The number of unbranched alkanes of at least 4 members (excludes halogenated alkanes) is 24. The molecule has 2 bridgehead atoms. The third kappa shape index (κ3) is 28.0. The van der Waals surface area contributed by atoms with Crippen molar-refractivity contribution in [2.24, 2.45) is 0 Å². The van der Waals surface area contributed by atoms with Crippen LogP contribution in [0, 0.1) is 0 Å². The third-order valence-corrected chi connectivity index (χ3v) is 12.2. The van der Waals surface area contributed by atoms with Crippen LogP contribution >= 0.6 is 0 Å². The van der Waals surface area contributed by atoms with Crippen molar-refractivity contribution in [3.8, 4) is 0 Å². The van der Waals surface area contributed by atoms with E-state index in [1.54, 1.807) is 0 Å². The molecule has 0 spiro atoms. The predicted molar refractivity (Wildman–Crippen MR) is 232 cm³/mol. The Kier molecular flexibility index (Phi) is 32.7. The molecule has 3 aliphatic rings. The highest BCUT2D eigenvalue weighted by Gasteiger charge is 2.34. The van der Waals surface area contributed by atoms with E-state index in [0.29, 0.717) is 31.6 Å². The number of fused-ring (bicyclic) bond motifs is 4. The summed E-state index contributed by atoms with van der Waals surface area (Å²) in [4.78, 5) is 30.2. The first-order valence-corrected chi connectivity index (χ1v) is 24.5. The highest BCUT2D eigenvalue weighted by Crippen LogP contribution is 2.22. The average molecular weight is 777 g/mol. The molecule has 3 aliphatic heterocycles. The molecule has 7 heteroatoms. The van der Waals surface area contributed by atoms with Gasteiger partial charge in [-0.1, -0.05) is 162 Å². The van der Waals surface area contributed by atoms with Gasteiger partial charge in [0.15, 0.2) is 0 Å². The molecule has 0 aromatic carbocycles. The van der Waals surface area contributed by atoms with E-state index < -0.39 is 0 Å². The van der Waals surface area contributed by atoms with Crippen molar-refractivity contribution in [3.05, 3.63) is 0 Å². The first-order chi connectivity index (χ1) is 27.0. The lowest BCUT2D eigenvalue weighted by molar-refractivity contribution is -0.150. The van der Waals surface area contributed by atoms with Crippen LogP contribution in [0.15, 0.2) is 0 Å². The minimum absolute atomic E-state index is 0.00590. The van der Waals surface area contributed by atoms with Crippen LogP contribution in [0.5, 0.6) is 0 Å². The maximum absolute atomic E-state index is 12.8. The molecule has 0 radical (unpaired) electrons. The Balaban J connectivity index is 1.49. The van der Waals surface area contributed by atoms with Crippen LogP contribution in [0.1, 0.15) is 233 Å². The molecule has 3 saturated heterocycles. The van der Waals surface area contributed by atoms with Gasteiger partial charge >= 0.3 is 11.9 Å². The number of rotatable bonds is 39. The quantitative estimate of drug-likeness (QED) is 0.0455. The molecule has 3 heterocycles. The van der Waals surface area contributed by atoms with Crippen molar-refractivity contribution in [1.29, 1.82) is 0 Å². The van der Waals surface area contributed by atoms with Gasteiger partial charge in [0.25, 0.3) is 0 Å². The Bertz CT molecular complexity index is 870. The van der Waals surface area contributed by atoms with E-state index in [9.17, 15) is 9.59 Å². The molecule has 7 nitrogen and oxygen atoms in total. The molecule has 2 unspecified atom stereocenters. The fraction of sp³-hybridized carbons (Fsp3) is 0.958. The van der Waals surface area contributed by atoms with Gasteiger partial charge in [-0.2, -0.15) is 0 Å². The summed E-state index contributed by atoms with van der Waals surface area (Å²) in [6.45, 7) is 13.8. The van der Waals surface area contributed by atoms with Crippen LogP contribution in [0.3, 0.4) is 0 Å². The molecule has 3 fully saturated rings. The smallest absolute Gasteiger partial charge is 0.306 e. The van der Waals surface area contributed by atoms with Gasteiger partial charge in [0.2, 0.25) is 0 Å². The zero-order valence-electron chi connectivity index (χ0n) is 37.0. The summed E-state index contributed by atoms with van der Waals surface area (Å²) in [6, 6.07) is 0.515. The van der Waals surface area contributed by atoms with Gasteiger partial charge in [-0.25, -0.2) is 0 Å². The number of morpholine rings is 1. The van der Waals surface area contributed by atoms with Crippen LogP contribution in [0.4, 0.5) is 0 Å². The number of hydrogen-bond acceptors (Lipinski definition) is 7. The largest absolute Gasteiger partial charge is 0.466 e. The van der Waals surface area contributed by atoms with Crippen molar-refractivity contribution < 1.29 is 23.8 Å². The predicted octanol–water partition coefficient (Wildman–Crippen LogP) is 12.8. The summed E-state index contributed by atoms with van der Waals surface area (Å²) in [5.74, 6) is 0.0342. The molecule has 0 aromatic rings. The van der Waals surface area contributed by atoms with E-state index in [2.05, 4.69) is 30.6 Å². The third-order valence-electron chi connectivity index (χ3n) is 12.2. The molecule has 55 heavy (non-hydrogen) atoms.